The Bertz CT molecular complexity index is 1150. The van der Waals surface area contributed by atoms with E-state index in [1.165, 1.54) is 17.9 Å². The van der Waals surface area contributed by atoms with Gasteiger partial charge in [-0.1, -0.05) is 56.3 Å². The number of hydrogen-bond donors (Lipinski definition) is 1. The predicted octanol–water partition coefficient (Wildman–Crippen LogP) is 3.42. The molecule has 2 amide bonds. The van der Waals surface area contributed by atoms with E-state index in [9.17, 15) is 22.8 Å². The molecule has 2 rings (SSSR count). The molecule has 0 aliphatic carbocycles. The van der Waals surface area contributed by atoms with Crippen LogP contribution in [0.2, 0.25) is 0 Å². The lowest BCUT2D eigenvalue weighted by atomic mass is 10.1. The van der Waals surface area contributed by atoms with Crippen LogP contribution in [-0.4, -0.2) is 62.3 Å². The van der Waals surface area contributed by atoms with Crippen LogP contribution in [0.25, 0.3) is 0 Å². The van der Waals surface area contributed by atoms with E-state index < -0.39 is 28.5 Å². The molecule has 9 heteroatoms. The molecule has 2 aromatic carbocycles. The summed E-state index contributed by atoms with van der Waals surface area (Å²) < 4.78 is 26.4. The molecule has 0 aliphatic heterocycles. The molecular formula is C27H37N3O5S. The van der Waals surface area contributed by atoms with Crippen LogP contribution in [0.15, 0.2) is 54.6 Å². The van der Waals surface area contributed by atoms with Gasteiger partial charge in [-0.25, -0.2) is 8.42 Å². The van der Waals surface area contributed by atoms with E-state index in [-0.39, 0.29) is 30.0 Å². The van der Waals surface area contributed by atoms with Crippen molar-refractivity contribution < 1.29 is 22.8 Å². The summed E-state index contributed by atoms with van der Waals surface area (Å²) in [5.41, 5.74) is 1.56. The minimum Gasteiger partial charge on any atom is -0.352 e. The van der Waals surface area contributed by atoms with Gasteiger partial charge in [-0.3, -0.25) is 18.7 Å². The van der Waals surface area contributed by atoms with E-state index in [2.05, 4.69) is 5.32 Å². The van der Waals surface area contributed by atoms with Crippen molar-refractivity contribution in [2.75, 3.05) is 23.7 Å². The third kappa shape index (κ3) is 8.19. The van der Waals surface area contributed by atoms with Gasteiger partial charge >= 0.3 is 0 Å². The Balaban J connectivity index is 2.40. The summed E-state index contributed by atoms with van der Waals surface area (Å²) >= 11 is 0. The van der Waals surface area contributed by atoms with Gasteiger partial charge in [0.05, 0.1) is 11.9 Å². The molecule has 0 saturated heterocycles. The fourth-order valence-corrected chi connectivity index (χ4v) is 4.67. The summed E-state index contributed by atoms with van der Waals surface area (Å²) in [5, 5.41) is 2.95. The molecule has 0 aliphatic rings. The topological polar surface area (TPSA) is 104 Å². The normalized spacial score (nSPS) is 12.9. The second-order valence-corrected chi connectivity index (χ2v) is 10.8. The maximum absolute atomic E-state index is 13.6. The minimum absolute atomic E-state index is 0.0561. The van der Waals surface area contributed by atoms with Gasteiger partial charge < -0.3 is 10.2 Å². The number of anilines is 1. The zero-order valence-electron chi connectivity index (χ0n) is 21.7. The van der Waals surface area contributed by atoms with Crippen LogP contribution < -0.4 is 9.62 Å². The summed E-state index contributed by atoms with van der Waals surface area (Å²) in [6.45, 7) is 6.84. The van der Waals surface area contributed by atoms with E-state index in [0.29, 0.717) is 18.4 Å². The first kappa shape index (κ1) is 29.0. The molecule has 0 aromatic heterocycles. The molecule has 36 heavy (non-hydrogen) atoms. The van der Waals surface area contributed by atoms with Crippen molar-refractivity contribution in [2.45, 2.75) is 59.0 Å². The first-order valence-corrected chi connectivity index (χ1v) is 14.0. The molecule has 1 N–H and O–H groups in total. The molecule has 0 saturated carbocycles. The van der Waals surface area contributed by atoms with Crippen LogP contribution in [-0.2, 0) is 26.0 Å². The molecule has 0 fully saturated rings. The molecule has 8 nitrogen and oxygen atoms in total. The lowest BCUT2D eigenvalue weighted by molar-refractivity contribution is -0.139. The second-order valence-electron chi connectivity index (χ2n) is 8.94. The Kier molecular flexibility index (Phi) is 10.6. The van der Waals surface area contributed by atoms with Gasteiger partial charge in [-0.15, -0.1) is 0 Å². The molecule has 0 spiro atoms. The maximum atomic E-state index is 13.6. The summed E-state index contributed by atoms with van der Waals surface area (Å²) in [6.07, 6.45) is 2.65. The van der Waals surface area contributed by atoms with Crippen molar-refractivity contribution in [2.24, 2.45) is 0 Å². The van der Waals surface area contributed by atoms with Gasteiger partial charge in [-0.05, 0) is 50.8 Å². The maximum Gasteiger partial charge on any atom is 0.244 e. The SMILES string of the molecule is CC[C@@H](C)NC(=O)[C@H](CC)N(CCc1ccccc1)C(=O)CN(c1cccc(C(C)=O)c1)S(C)(=O)=O. The van der Waals surface area contributed by atoms with Crippen LogP contribution in [0.1, 0.15) is 56.5 Å². The summed E-state index contributed by atoms with van der Waals surface area (Å²) in [7, 11) is -3.86. The standard InChI is InChI=1S/C27H37N3O5S/c1-6-20(3)28-27(33)25(7-2)29(17-16-22-12-9-8-10-13-22)26(32)19-30(36(5,34)35)24-15-11-14-23(18-24)21(4)31/h8-15,18,20,25H,6-7,16-17,19H2,1-5H3,(H,28,33)/t20-,25+/m1/s1. The van der Waals surface area contributed by atoms with Gasteiger partial charge in [0.15, 0.2) is 5.78 Å². The highest BCUT2D eigenvalue weighted by atomic mass is 32.2. The Morgan fingerprint density at radius 2 is 1.64 bits per heavy atom. The zero-order valence-corrected chi connectivity index (χ0v) is 22.5. The van der Waals surface area contributed by atoms with Gasteiger partial charge in [0.2, 0.25) is 21.8 Å². The van der Waals surface area contributed by atoms with Crippen molar-refractivity contribution in [3.05, 3.63) is 65.7 Å². The van der Waals surface area contributed by atoms with Crippen molar-refractivity contribution in [1.29, 1.82) is 0 Å². The highest BCUT2D eigenvalue weighted by Crippen LogP contribution is 2.21. The first-order chi connectivity index (χ1) is 17.0. The Morgan fingerprint density at radius 1 is 0.972 bits per heavy atom. The van der Waals surface area contributed by atoms with Crippen molar-refractivity contribution in [3.63, 3.8) is 0 Å². The van der Waals surface area contributed by atoms with Crippen molar-refractivity contribution in [3.8, 4) is 0 Å². The molecule has 0 radical (unpaired) electrons. The lowest BCUT2D eigenvalue weighted by Gasteiger charge is -2.33. The number of sulfonamides is 1. The molecule has 0 unspecified atom stereocenters. The fourth-order valence-electron chi connectivity index (χ4n) is 3.83. The van der Waals surface area contributed by atoms with Crippen LogP contribution in [0.5, 0.6) is 0 Å². The number of nitrogens with one attached hydrogen (secondary N) is 1. The fraction of sp³-hybridized carbons (Fsp3) is 0.444. The predicted molar refractivity (Wildman–Crippen MR) is 142 cm³/mol. The van der Waals surface area contributed by atoms with E-state index in [0.717, 1.165) is 22.5 Å². The molecule has 0 bridgehead atoms. The first-order valence-electron chi connectivity index (χ1n) is 12.2. The summed E-state index contributed by atoms with van der Waals surface area (Å²) in [5.74, 6) is -0.970. The number of nitrogens with zero attached hydrogens (tertiary/aromatic N) is 2. The average molecular weight is 516 g/mol. The second kappa shape index (κ2) is 13.2. The van der Waals surface area contributed by atoms with Crippen LogP contribution in [0, 0.1) is 0 Å². The number of Topliss-reactive ketones (excluding diaryl/α,β-unsaturated/α-hetero) is 1. The summed E-state index contributed by atoms with van der Waals surface area (Å²) in [6, 6.07) is 15.0. The van der Waals surface area contributed by atoms with Gasteiger partial charge in [-0.2, -0.15) is 0 Å². The molecule has 196 valence electrons. The zero-order chi connectivity index (χ0) is 26.9. The number of carbonyl (C=O) groups excluding carboxylic acids is 3. The van der Waals surface area contributed by atoms with E-state index >= 15 is 0 Å². The molecule has 2 aromatic rings. The molecule has 2 atom stereocenters. The third-order valence-corrected chi connectivity index (χ3v) is 7.23. The highest BCUT2D eigenvalue weighted by molar-refractivity contribution is 7.92. The lowest BCUT2D eigenvalue weighted by Crippen LogP contribution is -2.54. The largest absolute Gasteiger partial charge is 0.352 e. The number of carbonyl (C=O) groups is 3. The van der Waals surface area contributed by atoms with E-state index in [1.54, 1.807) is 18.2 Å². The average Bonchev–Trinajstić information content (AvgIpc) is 2.84. The Morgan fingerprint density at radius 3 is 2.19 bits per heavy atom. The quantitative estimate of drug-likeness (QED) is 0.412. The number of amides is 2. The minimum atomic E-state index is -3.86. The monoisotopic (exact) mass is 515 g/mol. The van der Waals surface area contributed by atoms with E-state index in [4.69, 9.17) is 0 Å². The third-order valence-electron chi connectivity index (χ3n) is 6.09. The van der Waals surface area contributed by atoms with Crippen molar-refractivity contribution >= 4 is 33.3 Å². The smallest absolute Gasteiger partial charge is 0.244 e. The molecular weight excluding hydrogens is 478 g/mol. The van der Waals surface area contributed by atoms with Crippen LogP contribution in [0.4, 0.5) is 5.69 Å². The molecule has 0 heterocycles. The van der Waals surface area contributed by atoms with Gasteiger partial charge in [0.25, 0.3) is 0 Å². The van der Waals surface area contributed by atoms with E-state index in [1.807, 2.05) is 51.1 Å². The van der Waals surface area contributed by atoms with Crippen LogP contribution >= 0.6 is 0 Å². The highest BCUT2D eigenvalue weighted by Gasteiger charge is 2.31. The summed E-state index contributed by atoms with van der Waals surface area (Å²) in [4.78, 5) is 40.1. The van der Waals surface area contributed by atoms with Gasteiger partial charge in [0.1, 0.15) is 12.6 Å². The number of benzene rings is 2. The number of rotatable bonds is 13. The number of ketones is 1. The van der Waals surface area contributed by atoms with Crippen LogP contribution in [0.3, 0.4) is 0 Å². The Hall–Kier alpha value is -3.20. The van der Waals surface area contributed by atoms with Gasteiger partial charge in [0, 0.05) is 18.2 Å². The van der Waals surface area contributed by atoms with Crippen molar-refractivity contribution in [1.82, 2.24) is 10.2 Å². The number of hydrogen-bond acceptors (Lipinski definition) is 5. The Labute approximate surface area is 214 Å².